The predicted octanol–water partition coefficient (Wildman–Crippen LogP) is -1.95. The van der Waals surface area contributed by atoms with Gasteiger partial charge in [-0.1, -0.05) is 0 Å². The second kappa shape index (κ2) is 8.04. The van der Waals surface area contributed by atoms with Crippen molar-refractivity contribution < 1.29 is 37.8 Å². The molecule has 0 aromatic heterocycles. The Bertz CT molecular complexity index is 1190. The standard InChI is InChI=1S/C21H23F3N8O5/c22-21(23,24)10-3-1-9(2-4-10)16(35)28-12-8-32-18(26)27-11(7-31-13(33)5-6-14(31)34)15-19(32,20(12,36)37)30-17(25)29-15/h1-4,11-12,15,36-37H,5-8H2,(H2,26,27)(H,28,35)(H3,25,29,30)/t11-,12?,15?,19?/m0/s1. The molecule has 0 radical (unpaired) electrons. The van der Waals surface area contributed by atoms with E-state index in [2.05, 4.69) is 21.3 Å². The molecule has 1 spiro atoms. The molecule has 4 heterocycles. The van der Waals surface area contributed by atoms with Gasteiger partial charge >= 0.3 is 6.18 Å². The number of amides is 3. The summed E-state index contributed by atoms with van der Waals surface area (Å²) < 4.78 is 38.5. The highest BCUT2D eigenvalue weighted by Gasteiger charge is 2.74. The van der Waals surface area contributed by atoms with Crippen molar-refractivity contribution in [2.24, 2.45) is 0 Å². The molecule has 4 aliphatic rings. The Balaban J connectivity index is 1.42. The van der Waals surface area contributed by atoms with Gasteiger partial charge in [-0.15, -0.1) is 0 Å². The number of imide groups is 1. The lowest BCUT2D eigenvalue weighted by Crippen LogP contribution is -2.81. The Morgan fingerprint density at radius 1 is 1.11 bits per heavy atom. The van der Waals surface area contributed by atoms with Crippen LogP contribution >= 0.6 is 0 Å². The molecule has 0 bridgehead atoms. The maximum Gasteiger partial charge on any atom is 0.416 e. The van der Waals surface area contributed by atoms with Gasteiger partial charge in [-0.25, -0.2) is 0 Å². The highest BCUT2D eigenvalue weighted by Crippen LogP contribution is 2.43. The zero-order chi connectivity index (χ0) is 26.9. The largest absolute Gasteiger partial charge is 0.416 e. The Labute approximate surface area is 207 Å². The Morgan fingerprint density at radius 2 is 1.73 bits per heavy atom. The summed E-state index contributed by atoms with van der Waals surface area (Å²) in [4.78, 5) is 39.3. The Morgan fingerprint density at radius 3 is 2.32 bits per heavy atom. The molecule has 4 aliphatic heterocycles. The normalized spacial score (nSPS) is 30.5. The van der Waals surface area contributed by atoms with E-state index in [1.165, 1.54) is 4.90 Å². The van der Waals surface area contributed by atoms with Crippen molar-refractivity contribution in [3.8, 4) is 0 Å². The van der Waals surface area contributed by atoms with Crippen LogP contribution in [0, 0.1) is 10.8 Å². The predicted molar refractivity (Wildman–Crippen MR) is 118 cm³/mol. The lowest BCUT2D eigenvalue weighted by atomic mass is 9.84. The van der Waals surface area contributed by atoms with Crippen LogP contribution in [0.5, 0.6) is 0 Å². The molecule has 13 nitrogen and oxygen atoms in total. The summed E-state index contributed by atoms with van der Waals surface area (Å²) in [6, 6.07) is -0.0739. The van der Waals surface area contributed by atoms with Gasteiger partial charge in [0.05, 0.1) is 24.2 Å². The Hall–Kier alpha value is -3.92. The first-order valence-electron chi connectivity index (χ1n) is 11.3. The minimum atomic E-state index is -4.59. The number of alkyl halides is 3. The van der Waals surface area contributed by atoms with Gasteiger partial charge in [0.1, 0.15) is 6.04 Å². The van der Waals surface area contributed by atoms with Crippen molar-refractivity contribution in [2.45, 2.75) is 48.6 Å². The summed E-state index contributed by atoms with van der Waals surface area (Å²) in [6.07, 6.45) is -4.52. The number of nitrogens with zero attached hydrogens (tertiary/aromatic N) is 2. The van der Waals surface area contributed by atoms with Crippen molar-refractivity contribution in [3.05, 3.63) is 35.4 Å². The smallest absolute Gasteiger partial charge is 0.361 e. The third-order valence-corrected chi connectivity index (χ3v) is 7.21. The first kappa shape index (κ1) is 24.8. The molecular weight excluding hydrogens is 501 g/mol. The fourth-order valence-corrected chi connectivity index (χ4v) is 5.41. The number of hydrogen-bond donors (Lipinski definition) is 8. The number of carbonyl (C=O) groups is 3. The van der Waals surface area contributed by atoms with E-state index < -0.39 is 59.0 Å². The second-order valence-electron chi connectivity index (χ2n) is 9.32. The van der Waals surface area contributed by atoms with E-state index in [0.29, 0.717) is 0 Å². The molecule has 8 N–H and O–H groups in total. The zero-order valence-corrected chi connectivity index (χ0v) is 19.0. The molecule has 0 saturated carbocycles. The Kier molecular flexibility index (Phi) is 5.38. The van der Waals surface area contributed by atoms with Gasteiger partial charge < -0.3 is 36.4 Å². The van der Waals surface area contributed by atoms with Crippen LogP contribution in [-0.4, -0.2) is 92.3 Å². The van der Waals surface area contributed by atoms with Crippen molar-refractivity contribution in [3.63, 3.8) is 0 Å². The number of hydrogen-bond acceptors (Lipinski definition) is 7. The molecule has 5 rings (SSSR count). The van der Waals surface area contributed by atoms with Crippen LogP contribution in [-0.2, 0) is 15.8 Å². The fourth-order valence-electron chi connectivity index (χ4n) is 5.41. The van der Waals surface area contributed by atoms with Crippen LogP contribution in [0.1, 0.15) is 28.8 Å². The number of benzene rings is 1. The summed E-state index contributed by atoms with van der Waals surface area (Å²) in [7, 11) is 0. The number of carbonyl (C=O) groups excluding carboxylic acids is 3. The van der Waals surface area contributed by atoms with E-state index in [9.17, 15) is 37.8 Å². The SMILES string of the molecule is N=C1NC2[C@H](CN3C(=O)CCC3=O)NC(=N)N3CC(NC(=O)c4ccc(C(F)(F)F)cc4)C(O)(O)C23N1. The molecule has 3 amide bonds. The average molecular weight is 524 g/mol. The van der Waals surface area contributed by atoms with Gasteiger partial charge in [0, 0.05) is 24.9 Å². The van der Waals surface area contributed by atoms with E-state index in [0.717, 1.165) is 29.2 Å². The second-order valence-corrected chi connectivity index (χ2v) is 9.32. The molecule has 198 valence electrons. The number of halogens is 3. The third kappa shape index (κ3) is 3.66. The summed E-state index contributed by atoms with van der Waals surface area (Å²) in [5.41, 5.74) is -3.08. The first-order chi connectivity index (χ1) is 17.3. The van der Waals surface area contributed by atoms with Gasteiger partial charge in [0.2, 0.25) is 17.6 Å². The van der Waals surface area contributed by atoms with E-state index in [1.807, 2.05) is 0 Å². The number of guanidine groups is 2. The fraction of sp³-hybridized carbons (Fsp3) is 0.476. The lowest BCUT2D eigenvalue weighted by Gasteiger charge is -2.51. The van der Waals surface area contributed by atoms with Crippen LogP contribution in [0.2, 0.25) is 0 Å². The summed E-state index contributed by atoms with van der Waals surface area (Å²) >= 11 is 0. The molecule has 37 heavy (non-hydrogen) atoms. The minimum absolute atomic E-state index is 0.0361. The number of aliphatic hydroxyl groups is 2. The molecular formula is C21H23F3N8O5. The van der Waals surface area contributed by atoms with E-state index >= 15 is 0 Å². The highest BCUT2D eigenvalue weighted by atomic mass is 19.4. The number of likely N-dealkylation sites (tertiary alicyclic amines) is 1. The molecule has 0 aliphatic carbocycles. The molecule has 1 aromatic carbocycles. The van der Waals surface area contributed by atoms with Crippen LogP contribution < -0.4 is 21.3 Å². The van der Waals surface area contributed by atoms with Gasteiger partial charge in [-0.2, -0.15) is 13.2 Å². The van der Waals surface area contributed by atoms with E-state index in [1.54, 1.807) is 0 Å². The molecule has 4 atom stereocenters. The van der Waals surface area contributed by atoms with E-state index in [4.69, 9.17) is 10.8 Å². The number of nitrogens with one attached hydrogen (secondary N) is 6. The van der Waals surface area contributed by atoms with Crippen molar-refractivity contribution in [1.29, 1.82) is 10.8 Å². The highest BCUT2D eigenvalue weighted by molar-refractivity contribution is 6.02. The van der Waals surface area contributed by atoms with Crippen molar-refractivity contribution >= 4 is 29.6 Å². The molecule has 16 heteroatoms. The zero-order valence-electron chi connectivity index (χ0n) is 19.0. The van der Waals surface area contributed by atoms with Crippen LogP contribution in [0.4, 0.5) is 13.2 Å². The molecule has 4 saturated heterocycles. The van der Waals surface area contributed by atoms with E-state index in [-0.39, 0.29) is 43.4 Å². The van der Waals surface area contributed by atoms with Crippen LogP contribution in [0.15, 0.2) is 24.3 Å². The van der Waals surface area contributed by atoms with Gasteiger partial charge in [-0.3, -0.25) is 30.1 Å². The van der Waals surface area contributed by atoms with Crippen LogP contribution in [0.25, 0.3) is 0 Å². The van der Waals surface area contributed by atoms with Gasteiger partial charge in [0.15, 0.2) is 17.6 Å². The average Bonchev–Trinajstić information content (AvgIpc) is 3.41. The topological polar surface area (TPSA) is 194 Å². The minimum Gasteiger partial charge on any atom is -0.361 e. The quantitative estimate of drug-likeness (QED) is 0.163. The first-order valence-corrected chi connectivity index (χ1v) is 11.3. The maximum atomic E-state index is 12.8. The van der Waals surface area contributed by atoms with Crippen LogP contribution in [0.3, 0.4) is 0 Å². The van der Waals surface area contributed by atoms with Gasteiger partial charge in [-0.05, 0) is 24.3 Å². The molecule has 4 fully saturated rings. The van der Waals surface area contributed by atoms with Crippen molar-refractivity contribution in [2.75, 3.05) is 13.1 Å². The lowest BCUT2D eigenvalue weighted by molar-refractivity contribution is -0.232. The molecule has 3 unspecified atom stereocenters. The van der Waals surface area contributed by atoms with Gasteiger partial charge in [0.25, 0.3) is 5.91 Å². The summed E-state index contributed by atoms with van der Waals surface area (Å²) in [5.74, 6) is -5.17. The maximum absolute atomic E-state index is 12.8. The third-order valence-electron chi connectivity index (χ3n) is 7.21. The van der Waals surface area contributed by atoms with Crippen molar-refractivity contribution in [1.82, 2.24) is 31.1 Å². The number of rotatable bonds is 4. The summed E-state index contributed by atoms with van der Waals surface area (Å²) in [6.45, 7) is -0.529. The monoisotopic (exact) mass is 524 g/mol. The molecule has 1 aromatic rings. The summed E-state index contributed by atoms with van der Waals surface area (Å²) in [5, 5.41) is 49.9.